The van der Waals surface area contributed by atoms with Crippen LogP contribution >= 0.6 is 0 Å². The van der Waals surface area contributed by atoms with Crippen LogP contribution in [0.3, 0.4) is 0 Å². The van der Waals surface area contributed by atoms with Gasteiger partial charge in [0.25, 0.3) is 0 Å². The molecule has 5 heteroatoms. The number of nitrogens with two attached hydrogens (primary N) is 2. The van der Waals surface area contributed by atoms with Gasteiger partial charge in [-0.05, 0) is 18.2 Å². The zero-order valence-electron chi connectivity index (χ0n) is 7.40. The lowest BCUT2D eigenvalue weighted by Gasteiger charge is -2.10. The molecular weight excluding hydrogens is 187 g/mol. The molecule has 1 aromatic carbocycles. The average molecular weight is 198 g/mol. The molecule has 0 bridgehead atoms. The van der Waals surface area contributed by atoms with Crippen molar-refractivity contribution in [2.24, 2.45) is 5.73 Å². The SMILES string of the molecule is Nc1ccc(F)c([C@@H](N)CC(=O)O)c1. The lowest BCUT2D eigenvalue weighted by atomic mass is 10.0. The molecule has 0 unspecified atom stereocenters. The van der Waals surface area contributed by atoms with E-state index in [-0.39, 0.29) is 12.0 Å². The number of carboxylic acids is 1. The molecule has 0 aliphatic heterocycles. The number of carbonyl (C=O) groups is 1. The molecule has 5 N–H and O–H groups in total. The zero-order chi connectivity index (χ0) is 10.7. The molecule has 1 atom stereocenters. The third kappa shape index (κ3) is 2.43. The van der Waals surface area contributed by atoms with Crippen LogP contribution in [-0.4, -0.2) is 11.1 Å². The zero-order valence-corrected chi connectivity index (χ0v) is 7.40. The molecule has 0 radical (unpaired) electrons. The summed E-state index contributed by atoms with van der Waals surface area (Å²) in [7, 11) is 0. The number of aliphatic carboxylic acids is 1. The number of carboxylic acid groups (broad SMARTS) is 1. The first-order valence-electron chi connectivity index (χ1n) is 4.03. The molecule has 76 valence electrons. The van der Waals surface area contributed by atoms with Gasteiger partial charge < -0.3 is 16.6 Å². The molecule has 0 amide bonds. The summed E-state index contributed by atoms with van der Waals surface area (Å²) in [6.45, 7) is 0. The Kier molecular flexibility index (Phi) is 3.03. The van der Waals surface area contributed by atoms with Crippen molar-refractivity contribution in [3.05, 3.63) is 29.6 Å². The van der Waals surface area contributed by atoms with Crippen molar-refractivity contribution in [1.29, 1.82) is 0 Å². The van der Waals surface area contributed by atoms with Gasteiger partial charge in [0.1, 0.15) is 5.82 Å². The van der Waals surface area contributed by atoms with Crippen LogP contribution in [0.1, 0.15) is 18.0 Å². The summed E-state index contributed by atoms with van der Waals surface area (Å²) in [5, 5.41) is 8.47. The molecule has 14 heavy (non-hydrogen) atoms. The molecule has 0 aliphatic carbocycles. The number of nitrogen functional groups attached to an aromatic ring is 1. The van der Waals surface area contributed by atoms with Gasteiger partial charge in [0, 0.05) is 17.3 Å². The van der Waals surface area contributed by atoms with Gasteiger partial charge in [-0.2, -0.15) is 0 Å². The lowest BCUT2D eigenvalue weighted by molar-refractivity contribution is -0.137. The molecule has 4 nitrogen and oxygen atoms in total. The Morgan fingerprint density at radius 2 is 2.21 bits per heavy atom. The number of anilines is 1. The Morgan fingerprint density at radius 3 is 2.79 bits per heavy atom. The van der Waals surface area contributed by atoms with E-state index in [1.807, 2.05) is 0 Å². The monoisotopic (exact) mass is 198 g/mol. The van der Waals surface area contributed by atoms with Crippen LogP contribution < -0.4 is 11.5 Å². The topological polar surface area (TPSA) is 89.3 Å². The van der Waals surface area contributed by atoms with E-state index >= 15 is 0 Å². The van der Waals surface area contributed by atoms with Crippen molar-refractivity contribution in [3.8, 4) is 0 Å². The van der Waals surface area contributed by atoms with E-state index in [4.69, 9.17) is 16.6 Å². The van der Waals surface area contributed by atoms with Crippen LogP contribution in [0, 0.1) is 5.82 Å². The van der Waals surface area contributed by atoms with Crippen LogP contribution in [0.25, 0.3) is 0 Å². The number of hydrogen-bond acceptors (Lipinski definition) is 3. The third-order valence-electron chi connectivity index (χ3n) is 1.81. The molecule has 0 fully saturated rings. The van der Waals surface area contributed by atoms with Crippen LogP contribution in [0.4, 0.5) is 10.1 Å². The van der Waals surface area contributed by atoms with Crippen molar-refractivity contribution in [2.45, 2.75) is 12.5 Å². The fourth-order valence-corrected chi connectivity index (χ4v) is 1.14. The highest BCUT2D eigenvalue weighted by molar-refractivity contribution is 5.68. The molecule has 0 heterocycles. The van der Waals surface area contributed by atoms with E-state index < -0.39 is 17.8 Å². The van der Waals surface area contributed by atoms with Crippen molar-refractivity contribution >= 4 is 11.7 Å². The van der Waals surface area contributed by atoms with Crippen molar-refractivity contribution < 1.29 is 14.3 Å². The second kappa shape index (κ2) is 4.06. The smallest absolute Gasteiger partial charge is 0.305 e. The molecule has 0 spiro atoms. The van der Waals surface area contributed by atoms with Crippen LogP contribution in [0.2, 0.25) is 0 Å². The molecular formula is C9H11FN2O2. The first-order chi connectivity index (χ1) is 6.50. The highest BCUT2D eigenvalue weighted by Crippen LogP contribution is 2.20. The number of hydrogen-bond donors (Lipinski definition) is 3. The van der Waals surface area contributed by atoms with Crippen LogP contribution in [0.15, 0.2) is 18.2 Å². The molecule has 1 aromatic rings. The Balaban J connectivity index is 2.93. The van der Waals surface area contributed by atoms with Crippen molar-refractivity contribution in [3.63, 3.8) is 0 Å². The first-order valence-corrected chi connectivity index (χ1v) is 4.03. The summed E-state index contributed by atoms with van der Waals surface area (Å²) in [5.41, 5.74) is 11.4. The van der Waals surface area contributed by atoms with Crippen LogP contribution in [-0.2, 0) is 4.79 Å². The standard InChI is InChI=1S/C9H11FN2O2/c10-7-2-1-5(11)3-6(7)8(12)4-9(13)14/h1-3,8H,4,11-12H2,(H,13,14)/t8-/m0/s1. The average Bonchev–Trinajstić information content (AvgIpc) is 2.08. The molecule has 1 rings (SSSR count). The number of benzene rings is 1. The van der Waals surface area contributed by atoms with Gasteiger partial charge in [-0.25, -0.2) is 4.39 Å². The summed E-state index contributed by atoms with van der Waals surface area (Å²) in [4.78, 5) is 10.3. The summed E-state index contributed by atoms with van der Waals surface area (Å²) >= 11 is 0. The Bertz CT molecular complexity index is 355. The maximum Gasteiger partial charge on any atom is 0.305 e. The van der Waals surface area contributed by atoms with Gasteiger partial charge in [0.15, 0.2) is 0 Å². The largest absolute Gasteiger partial charge is 0.481 e. The van der Waals surface area contributed by atoms with Gasteiger partial charge in [-0.1, -0.05) is 0 Å². The van der Waals surface area contributed by atoms with Crippen molar-refractivity contribution in [2.75, 3.05) is 5.73 Å². The number of rotatable bonds is 3. The van der Waals surface area contributed by atoms with Gasteiger partial charge in [-0.3, -0.25) is 4.79 Å². The second-order valence-electron chi connectivity index (χ2n) is 2.99. The Labute approximate surface area is 80.3 Å². The minimum absolute atomic E-state index is 0.132. The van der Waals surface area contributed by atoms with Gasteiger partial charge in [0.05, 0.1) is 6.42 Å². The number of halogens is 1. The second-order valence-corrected chi connectivity index (χ2v) is 2.99. The van der Waals surface area contributed by atoms with E-state index in [9.17, 15) is 9.18 Å². The van der Waals surface area contributed by atoms with E-state index in [0.29, 0.717) is 5.69 Å². The summed E-state index contributed by atoms with van der Waals surface area (Å²) < 4.78 is 13.1. The maximum atomic E-state index is 13.1. The molecule has 0 saturated carbocycles. The van der Waals surface area contributed by atoms with Gasteiger partial charge >= 0.3 is 5.97 Å². The summed E-state index contributed by atoms with van der Waals surface area (Å²) in [5.74, 6) is -1.60. The lowest BCUT2D eigenvalue weighted by Crippen LogP contribution is -2.16. The van der Waals surface area contributed by atoms with Gasteiger partial charge in [-0.15, -0.1) is 0 Å². The molecule has 0 aliphatic rings. The molecule has 0 saturated heterocycles. The highest BCUT2D eigenvalue weighted by Gasteiger charge is 2.14. The third-order valence-corrected chi connectivity index (χ3v) is 1.81. The summed E-state index contributed by atoms with van der Waals surface area (Å²) in [6, 6.07) is 3.05. The van der Waals surface area contributed by atoms with Crippen molar-refractivity contribution in [1.82, 2.24) is 0 Å². The van der Waals surface area contributed by atoms with E-state index in [0.717, 1.165) is 0 Å². The van der Waals surface area contributed by atoms with E-state index in [1.54, 1.807) is 0 Å². The highest BCUT2D eigenvalue weighted by atomic mass is 19.1. The minimum Gasteiger partial charge on any atom is -0.481 e. The normalized spacial score (nSPS) is 12.4. The van der Waals surface area contributed by atoms with E-state index in [2.05, 4.69) is 0 Å². The van der Waals surface area contributed by atoms with Gasteiger partial charge in [0.2, 0.25) is 0 Å². The Morgan fingerprint density at radius 1 is 1.57 bits per heavy atom. The quantitative estimate of drug-likeness (QED) is 0.629. The predicted octanol–water partition coefficient (Wildman–Crippen LogP) is 0.882. The van der Waals surface area contributed by atoms with Crippen LogP contribution in [0.5, 0.6) is 0 Å². The van der Waals surface area contributed by atoms with E-state index in [1.165, 1.54) is 18.2 Å². The Hall–Kier alpha value is -1.62. The first kappa shape index (κ1) is 10.5. The fraction of sp³-hybridized carbons (Fsp3) is 0.222. The minimum atomic E-state index is -1.07. The predicted molar refractivity (Wildman–Crippen MR) is 50.0 cm³/mol. The molecule has 0 aromatic heterocycles. The maximum absolute atomic E-state index is 13.1. The fourth-order valence-electron chi connectivity index (χ4n) is 1.14. The summed E-state index contributed by atoms with van der Waals surface area (Å²) in [6.07, 6.45) is -0.319.